The largest absolute Gasteiger partial charge is 0.457 e. The number of para-hydroxylation sites is 3. The molecule has 0 aliphatic heterocycles. The van der Waals surface area contributed by atoms with Gasteiger partial charge < -0.3 is 9.72 Å². The minimum absolute atomic E-state index is 0.0521. The van der Waals surface area contributed by atoms with E-state index in [9.17, 15) is 4.79 Å². The second kappa shape index (κ2) is 7.79. The highest BCUT2D eigenvalue weighted by Crippen LogP contribution is 2.19. The van der Waals surface area contributed by atoms with E-state index in [1.165, 1.54) is 6.07 Å². The highest BCUT2D eigenvalue weighted by molar-refractivity contribution is 5.77. The number of pyridine rings is 1. The summed E-state index contributed by atoms with van der Waals surface area (Å²) in [5, 5.41) is 1.06. The lowest BCUT2D eigenvalue weighted by Gasteiger charge is -2.03. The summed E-state index contributed by atoms with van der Waals surface area (Å²) < 4.78 is 5.58. The van der Waals surface area contributed by atoms with Gasteiger partial charge in [-0.2, -0.15) is 0 Å². The monoisotopic (exact) mass is 315 g/mol. The van der Waals surface area contributed by atoms with E-state index in [2.05, 4.69) is 4.98 Å². The summed E-state index contributed by atoms with van der Waals surface area (Å²) in [6.07, 6.45) is 0. The van der Waals surface area contributed by atoms with Crippen LogP contribution in [-0.4, -0.2) is 4.98 Å². The fraction of sp³-hybridized carbons (Fsp3) is 0. The molecule has 4 aromatic rings. The van der Waals surface area contributed by atoms with Crippen LogP contribution in [0.15, 0.2) is 102 Å². The van der Waals surface area contributed by atoms with Crippen molar-refractivity contribution in [2.75, 3.05) is 0 Å². The summed E-state index contributed by atoms with van der Waals surface area (Å²) in [5.41, 5.74) is 0.837. The van der Waals surface area contributed by atoms with Crippen molar-refractivity contribution < 1.29 is 4.74 Å². The molecule has 118 valence electrons. The first-order valence-electron chi connectivity index (χ1n) is 7.67. The maximum Gasteiger partial charge on any atom is 0.248 e. The Bertz CT molecular complexity index is 910. The first-order valence-corrected chi connectivity index (χ1v) is 7.67. The Kier molecular flexibility index (Phi) is 5.05. The number of aromatic nitrogens is 1. The Hall–Kier alpha value is -3.33. The van der Waals surface area contributed by atoms with Gasteiger partial charge in [0.15, 0.2) is 0 Å². The van der Waals surface area contributed by atoms with Crippen LogP contribution in [0.2, 0.25) is 0 Å². The number of aromatic amines is 1. The van der Waals surface area contributed by atoms with Crippen molar-refractivity contribution in [1.29, 1.82) is 0 Å². The molecule has 0 amide bonds. The highest BCUT2D eigenvalue weighted by Gasteiger charge is 1.92. The van der Waals surface area contributed by atoms with Crippen LogP contribution < -0.4 is 10.3 Å². The van der Waals surface area contributed by atoms with Gasteiger partial charge in [-0.3, -0.25) is 4.79 Å². The average Bonchev–Trinajstić information content (AvgIpc) is 2.64. The fourth-order valence-electron chi connectivity index (χ4n) is 2.21. The van der Waals surface area contributed by atoms with Crippen LogP contribution in [0, 0.1) is 0 Å². The first-order chi connectivity index (χ1) is 11.8. The molecule has 0 aliphatic carbocycles. The van der Waals surface area contributed by atoms with Gasteiger partial charge in [-0.15, -0.1) is 0 Å². The van der Waals surface area contributed by atoms with Crippen molar-refractivity contribution >= 4 is 10.9 Å². The van der Waals surface area contributed by atoms with E-state index in [0.29, 0.717) is 0 Å². The van der Waals surface area contributed by atoms with Crippen molar-refractivity contribution in [3.8, 4) is 11.5 Å². The summed E-state index contributed by atoms with van der Waals surface area (Å²) in [7, 11) is 0. The van der Waals surface area contributed by atoms with Crippen molar-refractivity contribution in [3.05, 3.63) is 107 Å². The quantitative estimate of drug-likeness (QED) is 0.565. The minimum atomic E-state index is -0.0521. The molecule has 0 unspecified atom stereocenters. The topological polar surface area (TPSA) is 42.1 Å². The maximum absolute atomic E-state index is 10.8. The van der Waals surface area contributed by atoms with Crippen LogP contribution in [0.1, 0.15) is 0 Å². The molecule has 0 saturated carbocycles. The van der Waals surface area contributed by atoms with Crippen LogP contribution in [0.4, 0.5) is 0 Å². The summed E-state index contributed by atoms with van der Waals surface area (Å²) in [4.78, 5) is 13.6. The summed E-state index contributed by atoms with van der Waals surface area (Å²) in [6.45, 7) is 0. The lowest BCUT2D eigenvalue weighted by atomic mass is 10.2. The number of H-pyrrole nitrogens is 1. The van der Waals surface area contributed by atoms with E-state index in [4.69, 9.17) is 4.74 Å². The van der Waals surface area contributed by atoms with Crippen LogP contribution >= 0.6 is 0 Å². The standard InChI is InChI=1S/C12H10O.C9H7NO/c1-3-7-11(8-4-1)13-12-9-5-2-6-10-12;11-9-6-5-7-3-1-2-4-8(7)10-9/h1-10H;1-6H,(H,10,11). The molecular weight excluding hydrogens is 298 g/mol. The lowest BCUT2D eigenvalue weighted by molar-refractivity contribution is 0.482. The number of hydrogen-bond acceptors (Lipinski definition) is 2. The number of benzene rings is 3. The third kappa shape index (κ3) is 4.34. The van der Waals surface area contributed by atoms with E-state index >= 15 is 0 Å². The van der Waals surface area contributed by atoms with Crippen molar-refractivity contribution in [3.63, 3.8) is 0 Å². The smallest absolute Gasteiger partial charge is 0.248 e. The van der Waals surface area contributed by atoms with E-state index < -0.39 is 0 Å². The van der Waals surface area contributed by atoms with Gasteiger partial charge in [0.1, 0.15) is 11.5 Å². The maximum atomic E-state index is 10.8. The molecule has 24 heavy (non-hydrogen) atoms. The van der Waals surface area contributed by atoms with Gasteiger partial charge in [-0.1, -0.05) is 54.6 Å². The Morgan fingerprint density at radius 2 is 1.12 bits per heavy atom. The number of ether oxygens (including phenoxy) is 1. The molecule has 0 spiro atoms. The summed E-state index contributed by atoms with van der Waals surface area (Å²) >= 11 is 0. The van der Waals surface area contributed by atoms with Crippen LogP contribution in [0.25, 0.3) is 10.9 Å². The average molecular weight is 315 g/mol. The SMILES string of the molecule is O=c1ccc2ccccc2[nH]1.c1ccc(Oc2ccccc2)cc1. The minimum Gasteiger partial charge on any atom is -0.457 e. The normalized spacial score (nSPS) is 9.83. The van der Waals surface area contributed by atoms with Crippen LogP contribution in [0.5, 0.6) is 11.5 Å². The Morgan fingerprint density at radius 3 is 1.75 bits per heavy atom. The zero-order valence-corrected chi connectivity index (χ0v) is 13.1. The second-order valence-corrected chi connectivity index (χ2v) is 5.14. The molecule has 3 nitrogen and oxygen atoms in total. The van der Waals surface area contributed by atoms with Gasteiger partial charge in [-0.05, 0) is 41.8 Å². The third-order valence-electron chi connectivity index (χ3n) is 3.36. The zero-order chi connectivity index (χ0) is 16.6. The predicted octanol–water partition coefficient (Wildman–Crippen LogP) is 5.01. The molecule has 1 aromatic heterocycles. The number of hydrogen-bond donors (Lipinski definition) is 1. The van der Waals surface area contributed by atoms with Crippen LogP contribution in [-0.2, 0) is 0 Å². The molecule has 4 rings (SSSR count). The molecule has 3 aromatic carbocycles. The molecule has 1 heterocycles. The molecule has 1 N–H and O–H groups in total. The molecular formula is C21H17NO2. The number of nitrogens with one attached hydrogen (secondary N) is 1. The number of rotatable bonds is 2. The van der Waals surface area contributed by atoms with Crippen LogP contribution in [0.3, 0.4) is 0 Å². The molecule has 0 fully saturated rings. The fourth-order valence-corrected chi connectivity index (χ4v) is 2.21. The highest BCUT2D eigenvalue weighted by atomic mass is 16.5. The van der Waals surface area contributed by atoms with Gasteiger partial charge in [0.25, 0.3) is 0 Å². The lowest BCUT2D eigenvalue weighted by Crippen LogP contribution is -2.01. The van der Waals surface area contributed by atoms with Gasteiger partial charge in [-0.25, -0.2) is 0 Å². The van der Waals surface area contributed by atoms with Crippen molar-refractivity contribution in [2.24, 2.45) is 0 Å². The van der Waals surface area contributed by atoms with Gasteiger partial charge in [0.05, 0.1) is 0 Å². The van der Waals surface area contributed by atoms with Gasteiger partial charge in [0, 0.05) is 11.6 Å². The summed E-state index contributed by atoms with van der Waals surface area (Å²) in [6, 6.07) is 30.6. The van der Waals surface area contributed by atoms with Crippen molar-refractivity contribution in [2.45, 2.75) is 0 Å². The molecule has 0 aliphatic rings. The second-order valence-electron chi connectivity index (χ2n) is 5.14. The number of fused-ring (bicyclic) bond motifs is 1. The summed E-state index contributed by atoms with van der Waals surface area (Å²) in [5.74, 6) is 1.74. The van der Waals surface area contributed by atoms with E-state index in [0.717, 1.165) is 22.4 Å². The molecule has 0 radical (unpaired) electrons. The Labute approximate surface area is 140 Å². The predicted molar refractivity (Wildman–Crippen MR) is 97.5 cm³/mol. The molecule has 0 bridgehead atoms. The third-order valence-corrected chi connectivity index (χ3v) is 3.36. The van der Waals surface area contributed by atoms with Gasteiger partial charge >= 0.3 is 0 Å². The van der Waals surface area contributed by atoms with E-state index in [1.807, 2.05) is 91.0 Å². The van der Waals surface area contributed by atoms with Gasteiger partial charge in [0.2, 0.25) is 5.56 Å². The van der Waals surface area contributed by atoms with E-state index in [1.54, 1.807) is 0 Å². The Balaban J connectivity index is 0.000000143. The zero-order valence-electron chi connectivity index (χ0n) is 13.1. The van der Waals surface area contributed by atoms with E-state index in [-0.39, 0.29) is 5.56 Å². The molecule has 3 heteroatoms. The molecule has 0 saturated heterocycles. The first kappa shape index (κ1) is 15.6. The molecule has 0 atom stereocenters. The Morgan fingerprint density at radius 1 is 0.583 bits per heavy atom. The van der Waals surface area contributed by atoms with Crippen molar-refractivity contribution in [1.82, 2.24) is 4.98 Å².